The van der Waals surface area contributed by atoms with Gasteiger partial charge < -0.3 is 20.8 Å². The van der Waals surface area contributed by atoms with E-state index >= 15 is 0 Å². The second-order valence-corrected chi connectivity index (χ2v) is 4.10. The molecular formula is C10H16N2O5. The van der Waals surface area contributed by atoms with Crippen LogP contribution in [0.5, 0.6) is 0 Å². The molecule has 7 heteroatoms. The predicted octanol–water partition coefficient (Wildman–Crippen LogP) is -1.54. The maximum absolute atomic E-state index is 11.7. The lowest BCUT2D eigenvalue weighted by atomic mass is 9.97. The molecule has 0 saturated carbocycles. The van der Waals surface area contributed by atoms with Crippen LogP contribution < -0.4 is 10.6 Å². The number of hydrogen-bond acceptors (Lipinski definition) is 4. The number of carboxylic acid groups (broad SMARTS) is 1. The van der Waals surface area contributed by atoms with Crippen LogP contribution in [0.15, 0.2) is 0 Å². The second-order valence-electron chi connectivity index (χ2n) is 4.10. The summed E-state index contributed by atoms with van der Waals surface area (Å²) in [6.45, 7) is 1.50. The van der Waals surface area contributed by atoms with Crippen molar-refractivity contribution in [2.75, 3.05) is 6.54 Å². The minimum Gasteiger partial charge on any atom is -0.480 e. The van der Waals surface area contributed by atoms with Crippen LogP contribution >= 0.6 is 0 Å². The molecule has 1 fully saturated rings. The molecule has 3 atom stereocenters. The van der Waals surface area contributed by atoms with E-state index < -0.39 is 29.9 Å². The van der Waals surface area contributed by atoms with Gasteiger partial charge in [-0.15, -0.1) is 0 Å². The summed E-state index contributed by atoms with van der Waals surface area (Å²) in [5.41, 5.74) is 0. The van der Waals surface area contributed by atoms with Crippen LogP contribution in [-0.4, -0.2) is 46.7 Å². The molecule has 1 unspecified atom stereocenters. The summed E-state index contributed by atoms with van der Waals surface area (Å²) in [4.78, 5) is 33.3. The standard InChI is InChI=1S/C10H16N2O5/c1-5(13)8(10(16)17)12-9(15)6-2-3-7(14)11-4-6/h5-6,8,13H,2-4H2,1H3,(H,11,14)(H,12,15)(H,16,17)/t5-,6?,8+/m1/s1. The smallest absolute Gasteiger partial charge is 0.328 e. The Morgan fingerprint density at radius 3 is 2.59 bits per heavy atom. The van der Waals surface area contributed by atoms with Crippen molar-refractivity contribution in [1.82, 2.24) is 10.6 Å². The SMILES string of the molecule is C[C@@H](O)[C@H](NC(=O)C1CCC(=O)NC1)C(=O)O. The van der Waals surface area contributed by atoms with Crippen LogP contribution in [0.25, 0.3) is 0 Å². The lowest BCUT2D eigenvalue weighted by Gasteiger charge is -2.24. The normalized spacial score (nSPS) is 23.4. The molecular weight excluding hydrogens is 228 g/mol. The number of aliphatic carboxylic acids is 1. The summed E-state index contributed by atoms with van der Waals surface area (Å²) < 4.78 is 0. The van der Waals surface area contributed by atoms with Gasteiger partial charge in [-0.1, -0.05) is 0 Å². The van der Waals surface area contributed by atoms with Crippen LogP contribution in [0.3, 0.4) is 0 Å². The quantitative estimate of drug-likeness (QED) is 0.478. The first-order valence-electron chi connectivity index (χ1n) is 5.39. The average Bonchev–Trinajstić information content (AvgIpc) is 2.25. The number of aliphatic hydroxyl groups excluding tert-OH is 1. The van der Waals surface area contributed by atoms with Gasteiger partial charge in [0.15, 0.2) is 6.04 Å². The van der Waals surface area contributed by atoms with Crippen molar-refractivity contribution in [3.8, 4) is 0 Å². The van der Waals surface area contributed by atoms with Gasteiger partial charge in [-0.2, -0.15) is 0 Å². The number of piperidine rings is 1. The molecule has 0 aliphatic carbocycles. The van der Waals surface area contributed by atoms with Gasteiger partial charge in [-0.3, -0.25) is 9.59 Å². The molecule has 2 amide bonds. The minimum absolute atomic E-state index is 0.112. The van der Waals surface area contributed by atoms with Crippen LogP contribution in [-0.2, 0) is 14.4 Å². The van der Waals surface area contributed by atoms with E-state index in [0.717, 1.165) is 0 Å². The Morgan fingerprint density at radius 2 is 2.18 bits per heavy atom. The zero-order chi connectivity index (χ0) is 13.0. The van der Waals surface area contributed by atoms with E-state index in [1.165, 1.54) is 6.92 Å². The van der Waals surface area contributed by atoms with Gasteiger partial charge in [0, 0.05) is 13.0 Å². The summed E-state index contributed by atoms with van der Waals surface area (Å²) in [6, 6.07) is -1.32. The van der Waals surface area contributed by atoms with Gasteiger partial charge >= 0.3 is 5.97 Å². The summed E-state index contributed by atoms with van der Waals surface area (Å²) in [6.07, 6.45) is -0.524. The highest BCUT2D eigenvalue weighted by Crippen LogP contribution is 2.11. The molecule has 0 aromatic heterocycles. The van der Waals surface area contributed by atoms with Crippen molar-refractivity contribution in [2.45, 2.75) is 31.9 Å². The fourth-order valence-electron chi connectivity index (χ4n) is 1.62. The van der Waals surface area contributed by atoms with Crippen molar-refractivity contribution in [3.05, 3.63) is 0 Å². The summed E-state index contributed by atoms with van der Waals surface area (Å²) in [5.74, 6) is -2.29. The summed E-state index contributed by atoms with van der Waals surface area (Å²) >= 11 is 0. The molecule has 1 heterocycles. The molecule has 0 aromatic carbocycles. The first-order valence-corrected chi connectivity index (χ1v) is 5.39. The molecule has 17 heavy (non-hydrogen) atoms. The molecule has 0 aromatic rings. The number of amides is 2. The molecule has 1 aliphatic heterocycles. The lowest BCUT2D eigenvalue weighted by molar-refractivity contribution is -0.145. The second kappa shape index (κ2) is 5.62. The number of nitrogens with one attached hydrogen (secondary N) is 2. The lowest BCUT2D eigenvalue weighted by Crippen LogP contribution is -2.52. The van der Waals surface area contributed by atoms with Crippen molar-refractivity contribution in [3.63, 3.8) is 0 Å². The van der Waals surface area contributed by atoms with E-state index in [2.05, 4.69) is 10.6 Å². The minimum atomic E-state index is -1.32. The van der Waals surface area contributed by atoms with E-state index in [-0.39, 0.29) is 18.9 Å². The van der Waals surface area contributed by atoms with Gasteiger partial charge in [0.25, 0.3) is 0 Å². The van der Waals surface area contributed by atoms with E-state index in [1.54, 1.807) is 0 Å². The number of aliphatic hydroxyl groups is 1. The fraction of sp³-hybridized carbons (Fsp3) is 0.700. The van der Waals surface area contributed by atoms with Crippen LogP contribution in [0, 0.1) is 5.92 Å². The van der Waals surface area contributed by atoms with E-state index in [1.807, 2.05) is 0 Å². The predicted molar refractivity (Wildman–Crippen MR) is 57.0 cm³/mol. The third-order valence-electron chi connectivity index (χ3n) is 2.68. The summed E-state index contributed by atoms with van der Waals surface area (Å²) in [5, 5.41) is 22.8. The molecule has 0 bridgehead atoms. The zero-order valence-electron chi connectivity index (χ0n) is 9.47. The van der Waals surface area contributed by atoms with Gasteiger partial charge in [-0.25, -0.2) is 4.79 Å². The molecule has 7 nitrogen and oxygen atoms in total. The van der Waals surface area contributed by atoms with Crippen molar-refractivity contribution in [1.29, 1.82) is 0 Å². The van der Waals surface area contributed by atoms with Crippen molar-refractivity contribution in [2.24, 2.45) is 5.92 Å². The summed E-state index contributed by atoms with van der Waals surface area (Å²) in [7, 11) is 0. The number of carbonyl (C=O) groups excluding carboxylic acids is 2. The topological polar surface area (TPSA) is 116 Å². The van der Waals surface area contributed by atoms with E-state index in [9.17, 15) is 19.5 Å². The van der Waals surface area contributed by atoms with Crippen LogP contribution in [0.4, 0.5) is 0 Å². The Bertz CT molecular complexity index is 319. The monoisotopic (exact) mass is 244 g/mol. The molecule has 4 N–H and O–H groups in total. The Labute approximate surface area is 98.2 Å². The Hall–Kier alpha value is -1.63. The van der Waals surface area contributed by atoms with Gasteiger partial charge in [0.05, 0.1) is 12.0 Å². The number of carbonyl (C=O) groups is 3. The van der Waals surface area contributed by atoms with E-state index in [4.69, 9.17) is 5.11 Å². The number of rotatable bonds is 4. The highest BCUT2D eigenvalue weighted by atomic mass is 16.4. The third-order valence-corrected chi connectivity index (χ3v) is 2.68. The Kier molecular flexibility index (Phi) is 4.45. The van der Waals surface area contributed by atoms with Crippen LogP contribution in [0.1, 0.15) is 19.8 Å². The highest BCUT2D eigenvalue weighted by molar-refractivity contribution is 5.87. The van der Waals surface area contributed by atoms with Crippen molar-refractivity contribution < 1.29 is 24.6 Å². The zero-order valence-corrected chi connectivity index (χ0v) is 9.47. The first kappa shape index (κ1) is 13.4. The maximum atomic E-state index is 11.7. The number of hydrogen-bond donors (Lipinski definition) is 4. The van der Waals surface area contributed by atoms with Gasteiger partial charge in [0.1, 0.15) is 0 Å². The first-order chi connectivity index (χ1) is 7.91. The third kappa shape index (κ3) is 3.70. The molecule has 0 spiro atoms. The Balaban J connectivity index is 2.53. The number of carboxylic acids is 1. The maximum Gasteiger partial charge on any atom is 0.328 e. The van der Waals surface area contributed by atoms with Gasteiger partial charge in [0.2, 0.25) is 11.8 Å². The Morgan fingerprint density at radius 1 is 1.53 bits per heavy atom. The largest absolute Gasteiger partial charge is 0.480 e. The molecule has 1 saturated heterocycles. The molecule has 0 radical (unpaired) electrons. The fourth-order valence-corrected chi connectivity index (χ4v) is 1.62. The molecule has 1 rings (SSSR count). The average molecular weight is 244 g/mol. The van der Waals surface area contributed by atoms with E-state index in [0.29, 0.717) is 6.42 Å². The van der Waals surface area contributed by atoms with Crippen molar-refractivity contribution >= 4 is 17.8 Å². The van der Waals surface area contributed by atoms with Crippen LogP contribution in [0.2, 0.25) is 0 Å². The molecule has 1 aliphatic rings. The highest BCUT2D eigenvalue weighted by Gasteiger charge is 2.30. The molecule has 96 valence electrons. The van der Waals surface area contributed by atoms with Gasteiger partial charge in [-0.05, 0) is 13.3 Å².